The van der Waals surface area contributed by atoms with Crippen molar-refractivity contribution in [1.29, 1.82) is 0 Å². The van der Waals surface area contributed by atoms with Crippen LogP contribution in [0.1, 0.15) is 70.2 Å². The second kappa shape index (κ2) is 14.4. The summed E-state index contributed by atoms with van der Waals surface area (Å²) < 4.78 is 0. The molecule has 0 saturated heterocycles. The minimum Gasteiger partial charge on any atom is -0.208 e. The maximum absolute atomic E-state index is 5.36. The summed E-state index contributed by atoms with van der Waals surface area (Å²) in [5.74, 6) is 4.00. The third-order valence-corrected chi connectivity index (χ3v) is 13.8. The second-order valence-electron chi connectivity index (χ2n) is 17.8. The number of hydrogen-bond donors (Lipinski definition) is 0. The molecule has 14 rings (SSSR count). The van der Waals surface area contributed by atoms with E-state index in [4.69, 9.17) is 29.9 Å². The molecule has 0 spiro atoms. The lowest BCUT2D eigenvalue weighted by molar-refractivity contribution is 0.660. The highest BCUT2D eigenvalue weighted by Gasteiger charge is 2.42. The van der Waals surface area contributed by atoms with Gasteiger partial charge in [-0.3, -0.25) is 0 Å². The van der Waals surface area contributed by atoms with Crippen molar-refractivity contribution in [2.45, 2.75) is 31.1 Å². The van der Waals surface area contributed by atoms with E-state index in [0.717, 1.165) is 33.4 Å². The smallest absolute Gasteiger partial charge is 0.164 e. The van der Waals surface area contributed by atoms with Gasteiger partial charge in [-0.25, -0.2) is 29.9 Å². The first kappa shape index (κ1) is 37.3. The Morgan fingerprint density at radius 2 is 0.662 bits per heavy atom. The predicted molar refractivity (Wildman–Crippen MR) is 258 cm³/mol. The van der Waals surface area contributed by atoms with E-state index < -0.39 is 0 Å². The molecular weight excluding hydrogens is 793 g/mol. The van der Waals surface area contributed by atoms with Crippen LogP contribution in [-0.2, 0) is 5.41 Å². The molecule has 2 heterocycles. The van der Waals surface area contributed by atoms with Crippen molar-refractivity contribution in [3.63, 3.8) is 0 Å². The summed E-state index contributed by atoms with van der Waals surface area (Å²) in [6, 6.07) is 68.5. The third kappa shape index (κ3) is 5.87. The summed E-state index contributed by atoms with van der Waals surface area (Å²) in [5, 5.41) is 0. The van der Waals surface area contributed by atoms with Crippen LogP contribution in [0.4, 0.5) is 0 Å². The SMILES string of the molecule is CC1(C)c2ccccc2-c2c(-c3nc(-c4ccccc4)nc(-c4ccc5c(c4)C4c6ccccc6C5c5cc(-c6nc(-c7ccccc7)nc(-c7ccccc7)n6)ccc54)n3)cccc21. The van der Waals surface area contributed by atoms with Gasteiger partial charge < -0.3 is 0 Å². The predicted octanol–water partition coefficient (Wildman–Crippen LogP) is 13.4. The average molecular weight is 833 g/mol. The molecule has 4 aliphatic rings. The van der Waals surface area contributed by atoms with Gasteiger partial charge in [0.25, 0.3) is 0 Å². The highest BCUT2D eigenvalue weighted by Crippen LogP contribution is 2.57. The summed E-state index contributed by atoms with van der Waals surface area (Å²) in [7, 11) is 0. The summed E-state index contributed by atoms with van der Waals surface area (Å²) >= 11 is 0. The molecule has 0 aliphatic heterocycles. The van der Waals surface area contributed by atoms with Crippen molar-refractivity contribution in [3.05, 3.63) is 239 Å². The van der Waals surface area contributed by atoms with Crippen LogP contribution in [0.3, 0.4) is 0 Å². The lowest BCUT2D eigenvalue weighted by Gasteiger charge is -2.42. The topological polar surface area (TPSA) is 77.3 Å². The van der Waals surface area contributed by atoms with Crippen LogP contribution in [-0.4, -0.2) is 29.9 Å². The molecule has 10 aromatic rings. The van der Waals surface area contributed by atoms with Gasteiger partial charge in [-0.05, 0) is 67.8 Å². The number of hydrogen-bond acceptors (Lipinski definition) is 6. The van der Waals surface area contributed by atoms with Gasteiger partial charge >= 0.3 is 0 Å². The fourth-order valence-corrected chi connectivity index (χ4v) is 10.7. The fourth-order valence-electron chi connectivity index (χ4n) is 10.7. The van der Waals surface area contributed by atoms with E-state index in [-0.39, 0.29) is 17.3 Å². The van der Waals surface area contributed by atoms with Crippen LogP contribution in [0.2, 0.25) is 0 Å². The van der Waals surface area contributed by atoms with Gasteiger partial charge in [0.15, 0.2) is 34.9 Å². The first-order valence-corrected chi connectivity index (χ1v) is 22.3. The molecule has 2 atom stereocenters. The van der Waals surface area contributed by atoms with Crippen LogP contribution in [0.15, 0.2) is 194 Å². The fraction of sp³-hybridized carbons (Fsp3) is 0.0847. The number of fused-ring (bicyclic) bond motifs is 3. The number of aromatic nitrogens is 6. The molecule has 0 N–H and O–H groups in total. The number of benzene rings is 8. The largest absolute Gasteiger partial charge is 0.208 e. The zero-order chi connectivity index (χ0) is 43.2. The Labute approximate surface area is 377 Å². The van der Waals surface area contributed by atoms with Crippen LogP contribution in [0.5, 0.6) is 0 Å². The van der Waals surface area contributed by atoms with Gasteiger partial charge in [0.05, 0.1) is 0 Å². The van der Waals surface area contributed by atoms with Gasteiger partial charge in [-0.2, -0.15) is 0 Å². The van der Waals surface area contributed by atoms with Crippen molar-refractivity contribution in [3.8, 4) is 79.5 Å². The van der Waals surface area contributed by atoms with Crippen molar-refractivity contribution in [2.24, 2.45) is 0 Å². The highest BCUT2D eigenvalue weighted by molar-refractivity contribution is 5.91. The highest BCUT2D eigenvalue weighted by atomic mass is 15.0. The zero-order valence-electron chi connectivity index (χ0n) is 35.8. The Bertz CT molecular complexity index is 3470. The molecule has 0 radical (unpaired) electrons. The Morgan fingerprint density at radius 1 is 0.292 bits per heavy atom. The molecule has 2 unspecified atom stereocenters. The Morgan fingerprint density at radius 3 is 1.15 bits per heavy atom. The maximum atomic E-state index is 5.36. The second-order valence-corrected chi connectivity index (χ2v) is 17.8. The van der Waals surface area contributed by atoms with Crippen molar-refractivity contribution in [1.82, 2.24) is 29.9 Å². The van der Waals surface area contributed by atoms with Crippen LogP contribution in [0.25, 0.3) is 79.5 Å². The first-order valence-electron chi connectivity index (χ1n) is 22.3. The molecule has 0 saturated carbocycles. The summed E-state index contributed by atoms with van der Waals surface area (Å²) in [6.07, 6.45) is 0. The Hall–Kier alpha value is -8.22. The molecule has 0 amide bonds. The molecule has 65 heavy (non-hydrogen) atoms. The van der Waals surface area contributed by atoms with Crippen LogP contribution < -0.4 is 0 Å². The molecule has 6 nitrogen and oxygen atoms in total. The monoisotopic (exact) mass is 832 g/mol. The van der Waals surface area contributed by atoms with Gasteiger partial charge in [-0.15, -0.1) is 0 Å². The molecular formula is C59H40N6. The van der Waals surface area contributed by atoms with E-state index in [1.807, 2.05) is 54.6 Å². The number of nitrogens with zero attached hydrogens (tertiary/aromatic N) is 6. The van der Waals surface area contributed by atoms with Gasteiger partial charge in [-0.1, -0.05) is 196 Å². The third-order valence-electron chi connectivity index (χ3n) is 13.8. The lowest BCUT2D eigenvalue weighted by atomic mass is 9.61. The summed E-state index contributed by atoms with van der Waals surface area (Å²) in [5.41, 5.74) is 18.5. The van der Waals surface area contributed by atoms with Crippen molar-refractivity contribution >= 4 is 0 Å². The molecule has 2 aromatic heterocycles. The van der Waals surface area contributed by atoms with E-state index in [1.54, 1.807) is 0 Å². The van der Waals surface area contributed by atoms with Gasteiger partial charge in [0.2, 0.25) is 0 Å². The lowest BCUT2D eigenvalue weighted by Crippen LogP contribution is -2.27. The van der Waals surface area contributed by atoms with Crippen molar-refractivity contribution in [2.75, 3.05) is 0 Å². The molecule has 2 bridgehead atoms. The molecule has 8 aromatic carbocycles. The summed E-state index contributed by atoms with van der Waals surface area (Å²) in [4.78, 5) is 31.0. The number of rotatable bonds is 6. The zero-order valence-corrected chi connectivity index (χ0v) is 35.8. The van der Waals surface area contributed by atoms with Crippen LogP contribution in [0, 0.1) is 0 Å². The van der Waals surface area contributed by atoms with Crippen molar-refractivity contribution < 1.29 is 0 Å². The van der Waals surface area contributed by atoms with Gasteiger partial charge in [0.1, 0.15) is 0 Å². The molecule has 306 valence electrons. The minimum absolute atomic E-state index is 0.0272. The minimum atomic E-state index is -0.146. The van der Waals surface area contributed by atoms with E-state index >= 15 is 0 Å². The molecule has 6 heteroatoms. The Kier molecular flexibility index (Phi) is 8.28. The van der Waals surface area contributed by atoms with E-state index in [2.05, 4.69) is 153 Å². The van der Waals surface area contributed by atoms with E-state index in [1.165, 1.54) is 55.6 Å². The summed E-state index contributed by atoms with van der Waals surface area (Å²) in [6.45, 7) is 4.62. The standard InChI is InChI=1S/C59H40N6/c1-59(2)48-27-15-14-25-44(48)52-45(26-16-28-49(52)59)58-64-55(37-21-10-5-11-22-37)63-57(65-58)39-30-32-43-47(34-39)51-41-24-13-12-23-40(41)50(43)46-33-38(29-31-42(46)51)56-61-53(35-17-6-3-7-18-35)60-54(62-56)36-19-8-4-9-20-36/h3-34,50-51H,1-2H3. The normalized spacial score (nSPS) is 15.7. The first-order chi connectivity index (χ1) is 32.0. The quantitative estimate of drug-likeness (QED) is 0.166. The molecule has 4 aliphatic carbocycles. The van der Waals surface area contributed by atoms with E-state index in [0.29, 0.717) is 34.9 Å². The Balaban J connectivity index is 0.953. The van der Waals surface area contributed by atoms with E-state index in [9.17, 15) is 0 Å². The molecule has 0 fully saturated rings. The van der Waals surface area contributed by atoms with Crippen LogP contribution >= 0.6 is 0 Å². The average Bonchev–Trinajstić information content (AvgIpc) is 3.62. The van der Waals surface area contributed by atoms with Gasteiger partial charge in [0, 0.05) is 50.6 Å². The maximum Gasteiger partial charge on any atom is 0.164 e.